The topological polar surface area (TPSA) is 91.7 Å². The van der Waals surface area contributed by atoms with E-state index in [4.69, 9.17) is 0 Å². The molecule has 8 nitrogen and oxygen atoms in total. The van der Waals surface area contributed by atoms with Crippen molar-refractivity contribution in [2.75, 3.05) is 33.2 Å². The van der Waals surface area contributed by atoms with Crippen molar-refractivity contribution in [1.29, 1.82) is 0 Å². The molecule has 2 fully saturated rings. The van der Waals surface area contributed by atoms with E-state index in [0.717, 1.165) is 58.2 Å². The van der Waals surface area contributed by atoms with Crippen LogP contribution in [0.2, 0.25) is 0 Å². The molecular weight excluding hydrogens is 488 g/mol. The van der Waals surface area contributed by atoms with E-state index in [1.807, 2.05) is 11.5 Å². The van der Waals surface area contributed by atoms with Crippen LogP contribution < -0.4 is 10.7 Å². The van der Waals surface area contributed by atoms with Gasteiger partial charge in [0.2, 0.25) is 15.5 Å². The molecule has 1 saturated carbocycles. The van der Waals surface area contributed by atoms with Crippen LogP contribution in [0.3, 0.4) is 0 Å². The van der Waals surface area contributed by atoms with Gasteiger partial charge in [0.05, 0.1) is 10.4 Å². The summed E-state index contributed by atoms with van der Waals surface area (Å²) >= 11 is 0. The molecule has 1 saturated heterocycles. The van der Waals surface area contributed by atoms with E-state index in [9.17, 15) is 18.0 Å². The maximum Gasteiger partial charge on any atom is 0.256 e. The SMILES string of the molecule is CCn1cc(C(=O)NCCCN2CCC[C@@H](C)C2)c(=O)c2cc(S(=O)(=O)N(C)C3CCCCC3)ccc21. The third kappa shape index (κ3) is 6.26. The third-order valence-corrected chi connectivity index (χ3v) is 9.99. The monoisotopic (exact) mass is 530 g/mol. The Balaban J connectivity index is 1.53. The molecule has 2 heterocycles. The Bertz CT molecular complexity index is 1270. The Morgan fingerprint density at radius 2 is 1.89 bits per heavy atom. The van der Waals surface area contributed by atoms with Crippen LogP contribution in [0.25, 0.3) is 10.9 Å². The first kappa shape index (κ1) is 27.8. The summed E-state index contributed by atoms with van der Waals surface area (Å²) < 4.78 is 30.1. The van der Waals surface area contributed by atoms with E-state index in [1.165, 1.54) is 23.2 Å². The molecule has 1 aromatic heterocycles. The highest BCUT2D eigenvalue weighted by Gasteiger charge is 2.29. The van der Waals surface area contributed by atoms with Gasteiger partial charge in [-0.1, -0.05) is 26.2 Å². The number of carbonyl (C=O) groups excluding carboxylic acids is 1. The number of nitrogens with one attached hydrogen (secondary N) is 1. The van der Waals surface area contributed by atoms with Gasteiger partial charge in [-0.2, -0.15) is 4.31 Å². The summed E-state index contributed by atoms with van der Waals surface area (Å²) in [5, 5.41) is 3.17. The van der Waals surface area contributed by atoms with Crippen molar-refractivity contribution < 1.29 is 13.2 Å². The second kappa shape index (κ2) is 12.1. The van der Waals surface area contributed by atoms with E-state index in [0.29, 0.717) is 24.5 Å². The molecule has 1 aromatic carbocycles. The Kier molecular flexibility index (Phi) is 9.08. The lowest BCUT2D eigenvalue weighted by molar-refractivity contribution is 0.0948. The standard InChI is InChI=1S/C28H42N4O4S/c1-4-32-20-25(28(34)29-15-9-17-31-16-8-10-21(2)19-31)27(33)24-18-23(13-14-26(24)32)37(35,36)30(3)22-11-6-5-7-12-22/h13-14,18,20-22H,4-12,15-17,19H2,1-3H3,(H,29,34)/t21-/m1/s1. The van der Waals surface area contributed by atoms with Crippen LogP contribution in [-0.2, 0) is 16.6 Å². The maximum absolute atomic E-state index is 13.4. The van der Waals surface area contributed by atoms with E-state index < -0.39 is 21.4 Å². The number of sulfonamides is 1. The van der Waals surface area contributed by atoms with E-state index in [-0.39, 0.29) is 21.9 Å². The quantitative estimate of drug-likeness (QED) is 0.498. The molecule has 0 bridgehead atoms. The predicted octanol–water partition coefficient (Wildman–Crippen LogP) is 3.83. The average Bonchev–Trinajstić information content (AvgIpc) is 2.91. The van der Waals surface area contributed by atoms with Crippen molar-refractivity contribution in [1.82, 2.24) is 19.1 Å². The first-order valence-corrected chi connectivity index (χ1v) is 15.3. The van der Waals surface area contributed by atoms with Crippen molar-refractivity contribution in [3.8, 4) is 0 Å². The zero-order chi connectivity index (χ0) is 26.6. The molecule has 2 aromatic rings. The second-order valence-corrected chi connectivity index (χ2v) is 12.8. The number of piperidine rings is 1. The minimum atomic E-state index is -3.75. The number of aryl methyl sites for hydroxylation is 1. The largest absolute Gasteiger partial charge is 0.352 e. The maximum atomic E-state index is 13.4. The van der Waals surface area contributed by atoms with Gasteiger partial charge in [0, 0.05) is 44.3 Å². The fourth-order valence-electron chi connectivity index (χ4n) is 5.86. The number of carbonyl (C=O) groups is 1. The lowest BCUT2D eigenvalue weighted by Gasteiger charge is -2.30. The molecule has 37 heavy (non-hydrogen) atoms. The fourth-order valence-corrected chi connectivity index (χ4v) is 7.30. The zero-order valence-corrected chi connectivity index (χ0v) is 23.4. The van der Waals surface area contributed by atoms with Crippen LogP contribution in [0.15, 0.2) is 34.1 Å². The first-order chi connectivity index (χ1) is 17.7. The summed E-state index contributed by atoms with van der Waals surface area (Å²) in [4.78, 5) is 29.0. The third-order valence-electron chi connectivity index (χ3n) is 8.08. The Morgan fingerprint density at radius 3 is 2.59 bits per heavy atom. The van der Waals surface area contributed by atoms with E-state index in [2.05, 4.69) is 17.1 Å². The smallest absolute Gasteiger partial charge is 0.256 e. The van der Waals surface area contributed by atoms with Crippen molar-refractivity contribution in [3.05, 3.63) is 40.2 Å². The van der Waals surface area contributed by atoms with Gasteiger partial charge in [-0.05, 0) is 76.2 Å². The average molecular weight is 531 g/mol. The normalized spacial score (nSPS) is 19.9. The Hall–Kier alpha value is -2.23. The second-order valence-electron chi connectivity index (χ2n) is 10.8. The summed E-state index contributed by atoms with van der Waals surface area (Å²) in [6.45, 7) is 8.39. The number of nitrogens with zero attached hydrogens (tertiary/aromatic N) is 3. The minimum Gasteiger partial charge on any atom is -0.352 e. The molecule has 0 spiro atoms. The molecule has 204 valence electrons. The fraction of sp³-hybridized carbons (Fsp3) is 0.643. The molecule has 9 heteroatoms. The summed E-state index contributed by atoms with van der Waals surface area (Å²) in [7, 11) is -2.12. The Labute approximate surface area is 221 Å². The molecule has 0 radical (unpaired) electrons. The predicted molar refractivity (Wildman–Crippen MR) is 147 cm³/mol. The lowest BCUT2D eigenvalue weighted by Crippen LogP contribution is -2.38. The van der Waals surface area contributed by atoms with Gasteiger partial charge in [0.25, 0.3) is 5.91 Å². The Morgan fingerprint density at radius 1 is 1.14 bits per heavy atom. The highest BCUT2D eigenvalue weighted by atomic mass is 32.2. The number of benzene rings is 1. The number of pyridine rings is 1. The van der Waals surface area contributed by atoms with Gasteiger partial charge in [-0.3, -0.25) is 9.59 Å². The van der Waals surface area contributed by atoms with E-state index >= 15 is 0 Å². The van der Waals surface area contributed by atoms with Crippen LogP contribution in [0.4, 0.5) is 0 Å². The zero-order valence-electron chi connectivity index (χ0n) is 22.5. The summed E-state index contributed by atoms with van der Waals surface area (Å²) in [6.07, 6.45) is 9.81. The number of hydrogen-bond acceptors (Lipinski definition) is 5. The molecular formula is C28H42N4O4S. The van der Waals surface area contributed by atoms with Crippen LogP contribution in [-0.4, -0.2) is 67.4 Å². The van der Waals surface area contributed by atoms with Gasteiger partial charge in [0.15, 0.2) is 0 Å². The van der Waals surface area contributed by atoms with Crippen LogP contribution in [0.5, 0.6) is 0 Å². The van der Waals surface area contributed by atoms with Gasteiger partial charge < -0.3 is 14.8 Å². The van der Waals surface area contributed by atoms with Crippen LogP contribution in [0.1, 0.15) is 75.6 Å². The number of aromatic nitrogens is 1. The molecule has 1 atom stereocenters. The molecule has 1 amide bonds. The van der Waals surface area contributed by atoms with Crippen molar-refractivity contribution >= 4 is 26.8 Å². The lowest BCUT2D eigenvalue weighted by atomic mass is 9.96. The molecule has 1 N–H and O–H groups in total. The molecule has 1 aliphatic heterocycles. The minimum absolute atomic E-state index is 0.0213. The molecule has 0 unspecified atom stereocenters. The first-order valence-electron chi connectivity index (χ1n) is 13.9. The van der Waals surface area contributed by atoms with Gasteiger partial charge in [0.1, 0.15) is 5.56 Å². The van der Waals surface area contributed by atoms with Gasteiger partial charge in [-0.25, -0.2) is 8.42 Å². The highest BCUT2D eigenvalue weighted by Crippen LogP contribution is 2.27. The van der Waals surface area contributed by atoms with Gasteiger partial charge in [-0.15, -0.1) is 0 Å². The van der Waals surface area contributed by atoms with Crippen LogP contribution >= 0.6 is 0 Å². The number of likely N-dealkylation sites (tertiary alicyclic amines) is 1. The number of amides is 1. The van der Waals surface area contributed by atoms with Gasteiger partial charge >= 0.3 is 0 Å². The number of hydrogen-bond donors (Lipinski definition) is 1. The van der Waals surface area contributed by atoms with Crippen molar-refractivity contribution in [2.24, 2.45) is 5.92 Å². The van der Waals surface area contributed by atoms with Crippen LogP contribution in [0, 0.1) is 5.92 Å². The number of fused-ring (bicyclic) bond motifs is 1. The summed E-state index contributed by atoms with van der Waals surface area (Å²) in [6, 6.07) is 4.69. The van der Waals surface area contributed by atoms with Crippen molar-refractivity contribution in [3.63, 3.8) is 0 Å². The van der Waals surface area contributed by atoms with Crippen molar-refractivity contribution in [2.45, 2.75) is 82.7 Å². The van der Waals surface area contributed by atoms with E-state index in [1.54, 1.807) is 25.4 Å². The number of rotatable bonds is 9. The summed E-state index contributed by atoms with van der Waals surface area (Å²) in [5.74, 6) is 0.304. The molecule has 2 aliphatic rings. The molecule has 1 aliphatic carbocycles. The highest BCUT2D eigenvalue weighted by molar-refractivity contribution is 7.89. The summed E-state index contributed by atoms with van der Waals surface area (Å²) in [5.41, 5.74) is 0.248. The molecule has 4 rings (SSSR count).